The van der Waals surface area contributed by atoms with Crippen molar-refractivity contribution in [1.29, 1.82) is 0 Å². The maximum absolute atomic E-state index is 13.8. The van der Waals surface area contributed by atoms with Crippen molar-refractivity contribution in [3.8, 4) is 5.75 Å². The molecule has 2 N–H and O–H groups in total. The van der Waals surface area contributed by atoms with Gasteiger partial charge in [-0.05, 0) is 52.9 Å². The summed E-state index contributed by atoms with van der Waals surface area (Å²) < 4.78 is 62.0. The lowest BCUT2D eigenvalue weighted by molar-refractivity contribution is -0.137. The van der Waals surface area contributed by atoms with Crippen LogP contribution in [0.15, 0.2) is 60.7 Å². The van der Waals surface area contributed by atoms with Gasteiger partial charge in [0, 0.05) is 57.0 Å². The number of carbonyl (C=O) groups excluding carboxylic acids is 2. The predicted octanol–water partition coefficient (Wildman–Crippen LogP) is 6.42. The van der Waals surface area contributed by atoms with Crippen molar-refractivity contribution in [3.05, 3.63) is 88.6 Å². The first-order chi connectivity index (χ1) is 22.6. The molecule has 0 radical (unpaired) electrons. The number of nitrogens with zero attached hydrogens (tertiary/aromatic N) is 3. The van der Waals surface area contributed by atoms with Crippen LogP contribution in [0, 0.1) is 0 Å². The summed E-state index contributed by atoms with van der Waals surface area (Å²) in [7, 11) is 1.97. The van der Waals surface area contributed by atoms with E-state index in [1.54, 1.807) is 4.90 Å². The molecule has 2 heterocycles. The SMILES string of the molecule is COc1c(NC(=O)c2cc3cccc(CN4CCN(C(=O)c5cccc(C(F)(F)F)c5)CC4)c3n2C)cc(C(C)(C)C)cc1NS(C)=O. The number of hydrogen-bond acceptors (Lipinski definition) is 5. The number of nitrogens with one attached hydrogen (secondary N) is 2. The lowest BCUT2D eigenvalue weighted by atomic mass is 9.86. The molecule has 13 heteroatoms. The van der Waals surface area contributed by atoms with Gasteiger partial charge >= 0.3 is 6.18 Å². The van der Waals surface area contributed by atoms with Crippen LogP contribution in [0.3, 0.4) is 0 Å². The first-order valence-corrected chi connectivity index (χ1v) is 17.0. The van der Waals surface area contributed by atoms with E-state index in [4.69, 9.17) is 4.74 Å². The molecule has 0 aliphatic carbocycles. The summed E-state index contributed by atoms with van der Waals surface area (Å²) in [6.45, 7) is 8.55. The smallest absolute Gasteiger partial charge is 0.416 e. The maximum Gasteiger partial charge on any atom is 0.416 e. The first kappa shape index (κ1) is 35.0. The third kappa shape index (κ3) is 7.52. The van der Waals surface area contributed by atoms with Crippen LogP contribution in [0.5, 0.6) is 5.75 Å². The largest absolute Gasteiger partial charge is 0.492 e. The van der Waals surface area contributed by atoms with Gasteiger partial charge in [0.1, 0.15) is 16.7 Å². The van der Waals surface area contributed by atoms with Crippen LogP contribution >= 0.6 is 0 Å². The van der Waals surface area contributed by atoms with Gasteiger partial charge in [-0.2, -0.15) is 13.2 Å². The van der Waals surface area contributed by atoms with Gasteiger partial charge in [-0.1, -0.05) is 45.0 Å². The molecule has 0 spiro atoms. The fourth-order valence-corrected chi connectivity index (χ4v) is 6.46. The Kier molecular flexibility index (Phi) is 9.93. The van der Waals surface area contributed by atoms with E-state index in [0.29, 0.717) is 55.5 Å². The minimum atomic E-state index is -4.52. The summed E-state index contributed by atoms with van der Waals surface area (Å²) in [5, 5.41) is 3.90. The van der Waals surface area contributed by atoms with Gasteiger partial charge in [0.2, 0.25) is 0 Å². The zero-order valence-electron chi connectivity index (χ0n) is 27.8. The minimum Gasteiger partial charge on any atom is -0.492 e. The fraction of sp³-hybridized carbons (Fsp3) is 0.371. The summed E-state index contributed by atoms with van der Waals surface area (Å²) in [5.74, 6) is -0.387. The highest BCUT2D eigenvalue weighted by Gasteiger charge is 2.32. The second-order valence-electron chi connectivity index (χ2n) is 13.0. The molecule has 48 heavy (non-hydrogen) atoms. The van der Waals surface area contributed by atoms with E-state index in [2.05, 4.69) is 14.9 Å². The van der Waals surface area contributed by atoms with Crippen molar-refractivity contribution in [1.82, 2.24) is 14.4 Å². The molecule has 3 aromatic carbocycles. The number of anilines is 2. The number of ether oxygens (including phenoxy) is 1. The van der Waals surface area contributed by atoms with E-state index in [-0.39, 0.29) is 16.9 Å². The topological polar surface area (TPSA) is 95.9 Å². The molecule has 1 aliphatic rings. The third-order valence-corrected chi connectivity index (χ3v) is 9.03. The lowest BCUT2D eigenvalue weighted by Gasteiger charge is -2.35. The van der Waals surface area contributed by atoms with E-state index in [1.807, 2.05) is 68.8 Å². The van der Waals surface area contributed by atoms with Gasteiger partial charge in [0.25, 0.3) is 11.8 Å². The Bertz CT molecular complexity index is 1870. The number of alkyl halides is 3. The van der Waals surface area contributed by atoms with Crippen molar-refractivity contribution >= 4 is 45.1 Å². The average molecular weight is 684 g/mol. The molecule has 1 fully saturated rings. The molecule has 0 saturated carbocycles. The Labute approximate surface area is 280 Å². The highest BCUT2D eigenvalue weighted by atomic mass is 32.2. The Morgan fingerprint density at radius 2 is 1.58 bits per heavy atom. The van der Waals surface area contributed by atoms with Gasteiger partial charge in [-0.15, -0.1) is 0 Å². The molecule has 1 saturated heterocycles. The molecule has 256 valence electrons. The number of hydrogen-bond donors (Lipinski definition) is 2. The van der Waals surface area contributed by atoms with Gasteiger partial charge in [0.05, 0.1) is 29.6 Å². The third-order valence-electron chi connectivity index (χ3n) is 8.52. The Morgan fingerprint density at radius 1 is 0.917 bits per heavy atom. The predicted molar refractivity (Wildman–Crippen MR) is 183 cm³/mol. The van der Waals surface area contributed by atoms with Crippen molar-refractivity contribution in [3.63, 3.8) is 0 Å². The van der Waals surface area contributed by atoms with Crippen LogP contribution in [0.2, 0.25) is 0 Å². The second-order valence-corrected chi connectivity index (χ2v) is 14.1. The fourth-order valence-electron chi connectivity index (χ4n) is 6.00. The summed E-state index contributed by atoms with van der Waals surface area (Å²) >= 11 is 0. The first-order valence-electron chi connectivity index (χ1n) is 15.5. The molecule has 0 bridgehead atoms. The number of carbonyl (C=O) groups is 2. The van der Waals surface area contributed by atoms with Gasteiger partial charge in [0.15, 0.2) is 5.75 Å². The van der Waals surface area contributed by atoms with Crippen molar-refractivity contribution in [2.24, 2.45) is 7.05 Å². The van der Waals surface area contributed by atoms with Crippen LogP contribution in [-0.2, 0) is 36.2 Å². The number of piperazine rings is 1. The zero-order valence-corrected chi connectivity index (χ0v) is 28.6. The summed E-state index contributed by atoms with van der Waals surface area (Å²) in [4.78, 5) is 30.6. The normalized spacial score (nSPS) is 15.0. The number of para-hydroxylation sites is 1. The minimum absolute atomic E-state index is 0.0215. The zero-order chi connectivity index (χ0) is 35.0. The van der Waals surface area contributed by atoms with Crippen molar-refractivity contribution in [2.75, 3.05) is 49.6 Å². The standard InChI is InChI=1S/C35H40F3N5O4S/c1-34(2,3)26-19-27(31(47-5)28(20-26)40-48(6)46)39-32(44)29-18-22-9-7-11-24(30(22)41(29)4)21-42-13-15-43(16-14-42)33(45)23-10-8-12-25(17-23)35(36,37)38/h7-12,17-20,40H,13-16,21H2,1-6H3,(H,39,44). The number of aromatic nitrogens is 1. The monoisotopic (exact) mass is 683 g/mol. The number of fused-ring (bicyclic) bond motifs is 1. The number of benzene rings is 3. The highest BCUT2D eigenvalue weighted by molar-refractivity contribution is 7.85. The van der Waals surface area contributed by atoms with E-state index in [0.717, 1.165) is 34.2 Å². The summed E-state index contributed by atoms with van der Waals surface area (Å²) in [6.07, 6.45) is -3.00. The van der Waals surface area contributed by atoms with Gasteiger partial charge in [-0.25, -0.2) is 4.21 Å². The summed E-state index contributed by atoms with van der Waals surface area (Å²) in [5.41, 5.74) is 3.12. The van der Waals surface area contributed by atoms with E-state index in [1.165, 1.54) is 25.5 Å². The highest BCUT2D eigenvalue weighted by Crippen LogP contribution is 2.39. The number of halogens is 3. The number of amides is 2. The molecule has 1 aliphatic heterocycles. The van der Waals surface area contributed by atoms with Crippen LogP contribution in [0.4, 0.5) is 24.5 Å². The van der Waals surface area contributed by atoms with E-state index < -0.39 is 28.6 Å². The van der Waals surface area contributed by atoms with Crippen LogP contribution in [-0.4, -0.2) is 69.9 Å². The number of methoxy groups -OCH3 is 1. The lowest BCUT2D eigenvalue weighted by Crippen LogP contribution is -2.48. The Hall–Kier alpha value is -4.36. The van der Waals surface area contributed by atoms with Crippen molar-refractivity contribution < 1.29 is 31.7 Å². The molecular weight excluding hydrogens is 643 g/mol. The van der Waals surface area contributed by atoms with Crippen LogP contribution < -0.4 is 14.8 Å². The molecule has 1 atom stereocenters. The molecular formula is C35H40F3N5O4S. The summed E-state index contributed by atoms with van der Waals surface area (Å²) in [6, 6.07) is 16.0. The van der Waals surface area contributed by atoms with E-state index >= 15 is 0 Å². The average Bonchev–Trinajstić information content (AvgIpc) is 3.37. The molecule has 5 rings (SSSR count). The molecule has 1 unspecified atom stereocenters. The van der Waals surface area contributed by atoms with Crippen molar-refractivity contribution in [2.45, 2.75) is 38.9 Å². The number of rotatable bonds is 8. The molecule has 9 nitrogen and oxygen atoms in total. The second kappa shape index (κ2) is 13.6. The van der Waals surface area contributed by atoms with E-state index in [9.17, 15) is 27.0 Å². The van der Waals surface area contributed by atoms with Crippen LogP contribution in [0.1, 0.15) is 58.3 Å². The quantitative estimate of drug-likeness (QED) is 0.224. The number of aryl methyl sites for hydroxylation is 1. The van der Waals surface area contributed by atoms with Crippen LogP contribution in [0.25, 0.3) is 10.9 Å². The molecule has 1 aromatic heterocycles. The van der Waals surface area contributed by atoms with Gasteiger partial charge < -0.3 is 24.2 Å². The maximum atomic E-state index is 13.8. The molecule has 2 amide bonds. The van der Waals surface area contributed by atoms with Gasteiger partial charge in [-0.3, -0.25) is 14.5 Å². The Balaban J connectivity index is 1.34. The Morgan fingerprint density at radius 3 is 2.21 bits per heavy atom. The molecule has 4 aromatic rings.